The maximum Gasteiger partial charge on any atom is 0.165 e. The third-order valence-corrected chi connectivity index (χ3v) is 2.71. The number of ether oxygens (including phenoxy) is 2. The summed E-state index contributed by atoms with van der Waals surface area (Å²) in [7, 11) is 1.62. The Kier molecular flexibility index (Phi) is 3.21. The Morgan fingerprint density at radius 3 is 2.88 bits per heavy atom. The van der Waals surface area contributed by atoms with Crippen molar-refractivity contribution in [2.45, 2.75) is 6.61 Å². The summed E-state index contributed by atoms with van der Waals surface area (Å²) in [5, 5.41) is 3.70. The zero-order valence-electron chi connectivity index (χ0n) is 8.71. The summed E-state index contributed by atoms with van der Waals surface area (Å²) in [5.74, 6) is 1.91. The van der Waals surface area contributed by atoms with Gasteiger partial charge in [0.15, 0.2) is 5.82 Å². The summed E-state index contributed by atoms with van der Waals surface area (Å²) in [6.07, 6.45) is 0. The van der Waals surface area contributed by atoms with Gasteiger partial charge in [0, 0.05) is 6.07 Å². The van der Waals surface area contributed by atoms with Crippen molar-refractivity contribution in [3.8, 4) is 11.5 Å². The third kappa shape index (κ3) is 2.40. The van der Waals surface area contributed by atoms with E-state index in [0.29, 0.717) is 12.4 Å². The molecule has 0 aliphatic rings. The highest BCUT2D eigenvalue weighted by Gasteiger charge is 2.05. The van der Waals surface area contributed by atoms with Gasteiger partial charge in [0.2, 0.25) is 0 Å². The molecule has 0 fully saturated rings. The summed E-state index contributed by atoms with van der Waals surface area (Å²) < 4.78 is 14.4. The first-order valence-corrected chi connectivity index (χ1v) is 5.40. The Hall–Kier alpha value is -1.82. The number of methoxy groups -OCH3 is 1. The summed E-state index contributed by atoms with van der Waals surface area (Å²) in [6, 6.07) is 7.38. The number of hydrogen-bond acceptors (Lipinski definition) is 6. The minimum Gasteiger partial charge on any atom is -0.497 e. The fourth-order valence-electron chi connectivity index (χ4n) is 1.16. The van der Waals surface area contributed by atoms with Crippen LogP contribution in [0.3, 0.4) is 0 Å². The molecule has 6 heteroatoms. The first-order valence-electron chi connectivity index (χ1n) is 4.63. The van der Waals surface area contributed by atoms with Crippen LogP contribution in [0.4, 0.5) is 5.82 Å². The Morgan fingerprint density at radius 1 is 1.38 bits per heavy atom. The van der Waals surface area contributed by atoms with Crippen LogP contribution in [0.5, 0.6) is 11.5 Å². The average Bonchev–Trinajstić information content (AvgIpc) is 2.72. The van der Waals surface area contributed by atoms with Crippen molar-refractivity contribution in [1.29, 1.82) is 0 Å². The van der Waals surface area contributed by atoms with Gasteiger partial charge in [-0.3, -0.25) is 0 Å². The van der Waals surface area contributed by atoms with Gasteiger partial charge in [-0.25, -0.2) is 0 Å². The maximum atomic E-state index is 5.59. The molecule has 0 atom stereocenters. The van der Waals surface area contributed by atoms with Gasteiger partial charge in [0.1, 0.15) is 23.0 Å². The molecule has 2 N–H and O–H groups in total. The molecule has 0 saturated heterocycles. The van der Waals surface area contributed by atoms with Crippen LogP contribution in [0.2, 0.25) is 0 Å². The smallest absolute Gasteiger partial charge is 0.165 e. The molecular formula is C10H11N3O2S. The highest BCUT2D eigenvalue weighted by molar-refractivity contribution is 7.05. The van der Waals surface area contributed by atoms with Crippen molar-refractivity contribution in [1.82, 2.24) is 9.59 Å². The van der Waals surface area contributed by atoms with Crippen LogP contribution < -0.4 is 15.2 Å². The van der Waals surface area contributed by atoms with Crippen LogP contribution in [-0.2, 0) is 6.61 Å². The van der Waals surface area contributed by atoms with Crippen molar-refractivity contribution in [3.63, 3.8) is 0 Å². The summed E-state index contributed by atoms with van der Waals surface area (Å²) >= 11 is 1.24. The normalized spacial score (nSPS) is 10.1. The monoisotopic (exact) mass is 237 g/mol. The Bertz CT molecular complexity index is 473. The Labute approximate surface area is 97.0 Å². The first-order chi connectivity index (χ1) is 7.79. The van der Waals surface area contributed by atoms with E-state index in [1.54, 1.807) is 7.11 Å². The largest absolute Gasteiger partial charge is 0.497 e. The molecule has 1 aromatic carbocycles. The van der Waals surface area contributed by atoms with Crippen molar-refractivity contribution >= 4 is 17.4 Å². The van der Waals surface area contributed by atoms with E-state index in [1.807, 2.05) is 24.3 Å². The Balaban J connectivity index is 2.02. The van der Waals surface area contributed by atoms with Gasteiger partial charge in [-0.15, -0.1) is 5.10 Å². The fourth-order valence-corrected chi connectivity index (χ4v) is 1.63. The highest BCUT2D eigenvalue weighted by atomic mass is 32.1. The van der Waals surface area contributed by atoms with Gasteiger partial charge in [0.05, 0.1) is 7.11 Å². The molecule has 16 heavy (non-hydrogen) atoms. The second-order valence-electron chi connectivity index (χ2n) is 3.05. The van der Waals surface area contributed by atoms with Crippen LogP contribution in [0.25, 0.3) is 0 Å². The molecule has 0 radical (unpaired) electrons. The van der Waals surface area contributed by atoms with E-state index < -0.39 is 0 Å². The van der Waals surface area contributed by atoms with E-state index in [-0.39, 0.29) is 0 Å². The summed E-state index contributed by atoms with van der Waals surface area (Å²) in [4.78, 5) is 0.822. The van der Waals surface area contributed by atoms with E-state index in [1.165, 1.54) is 11.5 Å². The molecule has 0 bridgehead atoms. The van der Waals surface area contributed by atoms with Crippen LogP contribution in [0.1, 0.15) is 4.88 Å². The Morgan fingerprint density at radius 2 is 2.19 bits per heavy atom. The van der Waals surface area contributed by atoms with Gasteiger partial charge >= 0.3 is 0 Å². The number of hydrogen-bond donors (Lipinski definition) is 1. The van der Waals surface area contributed by atoms with Gasteiger partial charge in [-0.2, -0.15) is 0 Å². The molecule has 0 unspecified atom stereocenters. The molecule has 0 spiro atoms. The molecule has 0 aliphatic carbocycles. The number of nitrogen functional groups attached to an aromatic ring is 1. The molecule has 0 aliphatic heterocycles. The zero-order valence-corrected chi connectivity index (χ0v) is 9.53. The molecule has 2 rings (SSSR count). The quantitative estimate of drug-likeness (QED) is 0.876. The number of benzene rings is 1. The van der Waals surface area contributed by atoms with E-state index in [4.69, 9.17) is 15.2 Å². The van der Waals surface area contributed by atoms with Crippen molar-refractivity contribution < 1.29 is 9.47 Å². The van der Waals surface area contributed by atoms with E-state index in [2.05, 4.69) is 9.59 Å². The topological polar surface area (TPSA) is 70.3 Å². The maximum absolute atomic E-state index is 5.59. The lowest BCUT2D eigenvalue weighted by Gasteiger charge is -2.06. The van der Waals surface area contributed by atoms with Crippen LogP contribution in [0, 0.1) is 0 Å². The molecule has 2 aromatic rings. The fraction of sp³-hybridized carbons (Fsp3) is 0.200. The van der Waals surface area contributed by atoms with Crippen LogP contribution >= 0.6 is 11.5 Å². The van der Waals surface area contributed by atoms with E-state index >= 15 is 0 Å². The van der Waals surface area contributed by atoms with Crippen molar-refractivity contribution in [2.24, 2.45) is 0 Å². The highest BCUT2D eigenvalue weighted by Crippen LogP contribution is 2.21. The number of rotatable bonds is 4. The first kappa shape index (κ1) is 10.7. The molecule has 1 aromatic heterocycles. The number of nitrogens with zero attached hydrogens (tertiary/aromatic N) is 2. The summed E-state index contributed by atoms with van der Waals surface area (Å²) in [5.41, 5.74) is 5.59. The minimum atomic E-state index is 0.372. The predicted octanol–water partition coefficient (Wildman–Crippen LogP) is 1.71. The van der Waals surface area contributed by atoms with Crippen LogP contribution in [-0.4, -0.2) is 16.7 Å². The lowest BCUT2D eigenvalue weighted by Crippen LogP contribution is -1.97. The zero-order chi connectivity index (χ0) is 11.4. The molecule has 0 saturated carbocycles. The minimum absolute atomic E-state index is 0.372. The van der Waals surface area contributed by atoms with Gasteiger partial charge in [-0.1, -0.05) is 10.6 Å². The summed E-state index contributed by atoms with van der Waals surface area (Å²) in [6.45, 7) is 0.372. The molecule has 0 amide bonds. The van der Waals surface area contributed by atoms with Gasteiger partial charge in [-0.05, 0) is 23.7 Å². The lowest BCUT2D eigenvalue weighted by atomic mass is 10.3. The van der Waals surface area contributed by atoms with Crippen LogP contribution in [0.15, 0.2) is 24.3 Å². The molecule has 5 nitrogen and oxygen atoms in total. The predicted molar refractivity (Wildman–Crippen MR) is 61.6 cm³/mol. The lowest BCUT2D eigenvalue weighted by molar-refractivity contribution is 0.307. The average molecular weight is 237 g/mol. The van der Waals surface area contributed by atoms with E-state index in [0.717, 1.165) is 16.4 Å². The van der Waals surface area contributed by atoms with Gasteiger partial charge < -0.3 is 15.2 Å². The third-order valence-electron chi connectivity index (χ3n) is 2.00. The number of aromatic nitrogens is 2. The molecule has 1 heterocycles. The van der Waals surface area contributed by atoms with E-state index in [9.17, 15) is 0 Å². The second kappa shape index (κ2) is 4.80. The number of anilines is 1. The van der Waals surface area contributed by atoms with Crippen molar-refractivity contribution in [3.05, 3.63) is 29.1 Å². The number of nitrogens with two attached hydrogens (primary N) is 1. The SMILES string of the molecule is COc1cccc(OCc2snnc2N)c1. The second-order valence-corrected chi connectivity index (χ2v) is 3.89. The molecule has 84 valence electrons. The molecular weight excluding hydrogens is 226 g/mol. The van der Waals surface area contributed by atoms with Crippen molar-refractivity contribution in [2.75, 3.05) is 12.8 Å². The standard InChI is InChI=1S/C10H11N3O2S/c1-14-7-3-2-4-8(5-7)15-6-9-10(11)12-13-16-9/h2-5H,6,11H2,1H3. The van der Waals surface area contributed by atoms with Gasteiger partial charge in [0.25, 0.3) is 0 Å².